The molecule has 30 heavy (non-hydrogen) atoms. The van der Waals surface area contributed by atoms with Crippen LogP contribution in [0.25, 0.3) is 47.7 Å². The molecule has 0 aliphatic carbocycles. The second kappa shape index (κ2) is 7.38. The van der Waals surface area contributed by atoms with Gasteiger partial charge in [-0.2, -0.15) is 0 Å². The standard InChI is InChI=1S/C26H16INS2/c27-26-15-14-25(30-26)24-13-12-23(29-24)17-10-11-20-19-8-4-5-9-21(19)28(22(20)16-17)18-6-2-1-3-7-18/h1-16H. The summed E-state index contributed by atoms with van der Waals surface area (Å²) in [5.41, 5.74) is 4.96. The lowest BCUT2D eigenvalue weighted by atomic mass is 10.1. The highest BCUT2D eigenvalue weighted by molar-refractivity contribution is 14.1. The third-order valence-corrected chi connectivity index (χ3v) is 8.62. The van der Waals surface area contributed by atoms with E-state index < -0.39 is 0 Å². The summed E-state index contributed by atoms with van der Waals surface area (Å²) in [7, 11) is 0. The largest absolute Gasteiger partial charge is 0.309 e. The van der Waals surface area contributed by atoms with Crippen LogP contribution < -0.4 is 0 Å². The van der Waals surface area contributed by atoms with Crippen LogP contribution in [0.15, 0.2) is 97.1 Å². The van der Waals surface area contributed by atoms with Crippen molar-refractivity contribution in [3.63, 3.8) is 0 Å². The molecule has 0 N–H and O–H groups in total. The Morgan fingerprint density at radius 1 is 0.567 bits per heavy atom. The summed E-state index contributed by atoms with van der Waals surface area (Å²) >= 11 is 6.11. The summed E-state index contributed by atoms with van der Waals surface area (Å²) in [4.78, 5) is 3.98. The first kappa shape index (κ1) is 18.4. The molecule has 0 atom stereocenters. The van der Waals surface area contributed by atoms with Crippen LogP contribution in [0.1, 0.15) is 0 Å². The van der Waals surface area contributed by atoms with E-state index in [-0.39, 0.29) is 0 Å². The lowest BCUT2D eigenvalue weighted by molar-refractivity contribution is 1.18. The van der Waals surface area contributed by atoms with Gasteiger partial charge < -0.3 is 4.57 Å². The van der Waals surface area contributed by atoms with Crippen LogP contribution in [0.5, 0.6) is 0 Å². The zero-order valence-corrected chi connectivity index (χ0v) is 19.7. The molecule has 0 fully saturated rings. The Balaban J connectivity index is 1.56. The molecular weight excluding hydrogens is 517 g/mol. The van der Waals surface area contributed by atoms with Gasteiger partial charge in [0.15, 0.2) is 0 Å². The summed E-state index contributed by atoms with van der Waals surface area (Å²) in [5.74, 6) is 0. The Hall–Kier alpha value is -2.41. The number of benzene rings is 3. The summed E-state index contributed by atoms with van der Waals surface area (Å²) in [5, 5.41) is 2.59. The Morgan fingerprint density at radius 3 is 2.10 bits per heavy atom. The maximum absolute atomic E-state index is 2.39. The van der Waals surface area contributed by atoms with Crippen LogP contribution >= 0.6 is 45.3 Å². The Morgan fingerprint density at radius 2 is 1.27 bits per heavy atom. The zero-order chi connectivity index (χ0) is 20.1. The minimum atomic E-state index is 1.20. The number of hydrogen-bond acceptors (Lipinski definition) is 2. The summed E-state index contributed by atoms with van der Waals surface area (Å²) < 4.78 is 3.70. The number of para-hydroxylation sites is 2. The Labute approximate surface area is 196 Å². The van der Waals surface area contributed by atoms with Crippen molar-refractivity contribution in [1.29, 1.82) is 0 Å². The minimum absolute atomic E-state index is 1.20. The van der Waals surface area contributed by atoms with E-state index in [1.54, 1.807) is 0 Å². The summed E-state index contributed by atoms with van der Waals surface area (Å²) in [6, 6.07) is 35.1. The van der Waals surface area contributed by atoms with Crippen LogP contribution in [0, 0.1) is 2.88 Å². The molecule has 3 aromatic heterocycles. The van der Waals surface area contributed by atoms with E-state index in [1.165, 1.54) is 50.6 Å². The lowest BCUT2D eigenvalue weighted by Crippen LogP contribution is -1.92. The van der Waals surface area contributed by atoms with E-state index in [9.17, 15) is 0 Å². The zero-order valence-electron chi connectivity index (χ0n) is 15.9. The quantitative estimate of drug-likeness (QED) is 0.200. The Bertz CT molecular complexity index is 1500. The van der Waals surface area contributed by atoms with E-state index in [1.807, 2.05) is 22.7 Å². The van der Waals surface area contributed by atoms with Crippen molar-refractivity contribution in [2.24, 2.45) is 0 Å². The van der Waals surface area contributed by atoms with Crippen molar-refractivity contribution in [2.75, 3.05) is 0 Å². The molecule has 6 rings (SSSR count). The topological polar surface area (TPSA) is 4.93 Å². The molecule has 0 unspecified atom stereocenters. The molecular formula is C26H16INS2. The van der Waals surface area contributed by atoms with Gasteiger partial charge in [-0.3, -0.25) is 0 Å². The van der Waals surface area contributed by atoms with Gasteiger partial charge in [0.05, 0.1) is 13.9 Å². The lowest BCUT2D eigenvalue weighted by Gasteiger charge is -2.08. The normalized spacial score (nSPS) is 11.5. The third kappa shape index (κ3) is 3.02. The number of thiophene rings is 2. The van der Waals surface area contributed by atoms with Gasteiger partial charge in [0, 0.05) is 31.1 Å². The first-order valence-corrected chi connectivity index (χ1v) is 12.4. The Kier molecular flexibility index (Phi) is 4.52. The number of halogens is 1. The number of hydrogen-bond donors (Lipinski definition) is 0. The average Bonchev–Trinajstić information content (AvgIpc) is 3.51. The van der Waals surface area contributed by atoms with E-state index >= 15 is 0 Å². The fraction of sp³-hybridized carbons (Fsp3) is 0. The van der Waals surface area contributed by atoms with Crippen molar-refractivity contribution in [2.45, 2.75) is 0 Å². The van der Waals surface area contributed by atoms with Gasteiger partial charge in [-0.25, -0.2) is 0 Å². The first-order valence-electron chi connectivity index (χ1n) is 9.72. The van der Waals surface area contributed by atoms with Crippen LogP contribution in [-0.2, 0) is 0 Å². The van der Waals surface area contributed by atoms with Crippen molar-refractivity contribution in [1.82, 2.24) is 4.57 Å². The van der Waals surface area contributed by atoms with Gasteiger partial charge in [0.1, 0.15) is 0 Å². The highest BCUT2D eigenvalue weighted by Gasteiger charge is 2.14. The van der Waals surface area contributed by atoms with Gasteiger partial charge in [0.25, 0.3) is 0 Å². The van der Waals surface area contributed by atoms with Crippen molar-refractivity contribution in [3.05, 3.63) is 99.9 Å². The highest BCUT2D eigenvalue weighted by Crippen LogP contribution is 2.40. The van der Waals surface area contributed by atoms with E-state index in [2.05, 4.69) is 124 Å². The van der Waals surface area contributed by atoms with Crippen molar-refractivity contribution < 1.29 is 0 Å². The molecule has 0 amide bonds. The molecule has 0 saturated carbocycles. The monoisotopic (exact) mass is 533 g/mol. The molecule has 3 heterocycles. The number of nitrogens with zero attached hydrogens (tertiary/aromatic N) is 1. The molecule has 6 aromatic rings. The second-order valence-electron chi connectivity index (χ2n) is 7.19. The SMILES string of the molecule is Ic1ccc(-c2ccc(-c3ccc4c5ccccc5n(-c5ccccc5)c4c3)s2)s1. The minimum Gasteiger partial charge on any atom is -0.309 e. The molecule has 0 spiro atoms. The van der Waals surface area contributed by atoms with Crippen molar-refractivity contribution >= 4 is 67.1 Å². The molecule has 144 valence electrons. The molecule has 1 nitrogen and oxygen atoms in total. The predicted octanol–water partition coefficient (Wildman–Crippen LogP) is 8.85. The second-order valence-corrected chi connectivity index (χ2v) is 11.2. The molecule has 0 bridgehead atoms. The smallest absolute Gasteiger partial charge is 0.0660 e. The van der Waals surface area contributed by atoms with Crippen LogP contribution in [-0.4, -0.2) is 4.57 Å². The maximum Gasteiger partial charge on any atom is 0.0660 e. The van der Waals surface area contributed by atoms with Crippen LogP contribution in [0.4, 0.5) is 0 Å². The third-order valence-electron chi connectivity index (χ3n) is 5.39. The van der Waals surface area contributed by atoms with Gasteiger partial charge in [0.2, 0.25) is 0 Å². The fourth-order valence-corrected chi connectivity index (χ4v) is 6.77. The summed E-state index contributed by atoms with van der Waals surface area (Å²) in [6.45, 7) is 0. The molecule has 4 heteroatoms. The molecule has 3 aromatic carbocycles. The van der Waals surface area contributed by atoms with Crippen LogP contribution in [0.3, 0.4) is 0 Å². The van der Waals surface area contributed by atoms with Gasteiger partial charge in [-0.1, -0.05) is 48.5 Å². The first-order chi connectivity index (χ1) is 14.8. The molecule has 0 aliphatic heterocycles. The fourth-order valence-electron chi connectivity index (χ4n) is 4.05. The highest BCUT2D eigenvalue weighted by atomic mass is 127. The van der Waals surface area contributed by atoms with Gasteiger partial charge in [-0.05, 0) is 76.7 Å². The van der Waals surface area contributed by atoms with Crippen LogP contribution in [0.2, 0.25) is 0 Å². The predicted molar refractivity (Wildman–Crippen MR) is 140 cm³/mol. The molecule has 0 saturated heterocycles. The summed E-state index contributed by atoms with van der Waals surface area (Å²) in [6.07, 6.45) is 0. The van der Waals surface area contributed by atoms with Gasteiger partial charge >= 0.3 is 0 Å². The van der Waals surface area contributed by atoms with Crippen molar-refractivity contribution in [3.8, 4) is 25.9 Å². The molecule has 0 aliphatic rings. The number of aromatic nitrogens is 1. The average molecular weight is 533 g/mol. The maximum atomic E-state index is 2.39. The van der Waals surface area contributed by atoms with Gasteiger partial charge in [-0.15, -0.1) is 22.7 Å². The molecule has 0 radical (unpaired) electrons. The van der Waals surface area contributed by atoms with E-state index in [0.717, 1.165) is 0 Å². The number of fused-ring (bicyclic) bond motifs is 3. The number of rotatable bonds is 3. The van der Waals surface area contributed by atoms with E-state index in [4.69, 9.17) is 0 Å². The van der Waals surface area contributed by atoms with E-state index in [0.29, 0.717) is 0 Å².